The SMILES string of the molecule is COC[C@@H]1[C@H](NC(=O)c2cc(C)c(C)c(S(N)(=O)=O)c2)[C@@H]2CCO[C@H]12. The van der Waals surface area contributed by atoms with E-state index in [2.05, 4.69) is 5.32 Å². The third kappa shape index (κ3) is 3.31. The van der Waals surface area contributed by atoms with Gasteiger partial charge in [0, 0.05) is 37.2 Å². The topological polar surface area (TPSA) is 108 Å². The second-order valence-corrected chi connectivity index (χ2v) is 8.40. The maximum Gasteiger partial charge on any atom is 0.251 e. The maximum atomic E-state index is 12.7. The first kappa shape index (κ1) is 18.3. The van der Waals surface area contributed by atoms with Crippen LogP contribution in [0.25, 0.3) is 0 Å². The van der Waals surface area contributed by atoms with E-state index in [0.29, 0.717) is 29.9 Å². The molecule has 1 saturated carbocycles. The van der Waals surface area contributed by atoms with Crippen LogP contribution in [0.2, 0.25) is 0 Å². The molecule has 2 fully saturated rings. The minimum atomic E-state index is -3.89. The Morgan fingerprint density at radius 2 is 2.12 bits per heavy atom. The first-order valence-electron chi connectivity index (χ1n) is 8.29. The Kier molecular flexibility index (Phi) is 4.89. The Labute approximate surface area is 147 Å². The lowest BCUT2D eigenvalue weighted by molar-refractivity contribution is -0.0809. The lowest BCUT2D eigenvalue weighted by Crippen LogP contribution is -2.62. The van der Waals surface area contributed by atoms with Gasteiger partial charge < -0.3 is 14.8 Å². The van der Waals surface area contributed by atoms with E-state index in [1.165, 1.54) is 6.07 Å². The third-order valence-electron chi connectivity index (χ3n) is 5.37. The van der Waals surface area contributed by atoms with Crippen LogP contribution >= 0.6 is 0 Å². The minimum absolute atomic E-state index is 0.0122. The van der Waals surface area contributed by atoms with Crippen molar-refractivity contribution < 1.29 is 22.7 Å². The van der Waals surface area contributed by atoms with Gasteiger partial charge >= 0.3 is 0 Å². The Morgan fingerprint density at radius 3 is 2.76 bits per heavy atom. The number of methoxy groups -OCH3 is 1. The van der Waals surface area contributed by atoms with Crippen LogP contribution in [0.4, 0.5) is 0 Å². The third-order valence-corrected chi connectivity index (χ3v) is 6.41. The molecule has 0 bridgehead atoms. The summed E-state index contributed by atoms with van der Waals surface area (Å²) in [5.74, 6) is 0.100. The number of fused-ring (bicyclic) bond motifs is 1. The van der Waals surface area contributed by atoms with Crippen molar-refractivity contribution in [3.05, 3.63) is 28.8 Å². The molecule has 1 aromatic rings. The van der Waals surface area contributed by atoms with Crippen LogP contribution in [0.3, 0.4) is 0 Å². The Balaban J connectivity index is 1.83. The molecule has 3 N–H and O–H groups in total. The predicted molar refractivity (Wildman–Crippen MR) is 91.8 cm³/mol. The van der Waals surface area contributed by atoms with Crippen LogP contribution in [0.15, 0.2) is 17.0 Å². The second kappa shape index (κ2) is 6.68. The number of nitrogens with two attached hydrogens (primary N) is 1. The molecule has 25 heavy (non-hydrogen) atoms. The van der Waals surface area contributed by atoms with E-state index in [-0.39, 0.29) is 34.8 Å². The van der Waals surface area contributed by atoms with E-state index in [9.17, 15) is 13.2 Å². The first-order chi connectivity index (χ1) is 11.7. The fourth-order valence-corrected chi connectivity index (χ4v) is 4.80. The van der Waals surface area contributed by atoms with Crippen molar-refractivity contribution in [3.63, 3.8) is 0 Å². The smallest absolute Gasteiger partial charge is 0.251 e. The van der Waals surface area contributed by atoms with E-state index in [4.69, 9.17) is 14.6 Å². The molecule has 1 aromatic carbocycles. The number of hydrogen-bond donors (Lipinski definition) is 2. The van der Waals surface area contributed by atoms with Crippen molar-refractivity contribution in [2.24, 2.45) is 17.0 Å². The summed E-state index contributed by atoms with van der Waals surface area (Å²) in [4.78, 5) is 12.7. The summed E-state index contributed by atoms with van der Waals surface area (Å²) in [5, 5.41) is 8.30. The average Bonchev–Trinajstić information content (AvgIpc) is 2.95. The van der Waals surface area contributed by atoms with Crippen molar-refractivity contribution in [2.75, 3.05) is 20.3 Å². The first-order valence-corrected chi connectivity index (χ1v) is 9.84. The minimum Gasteiger partial charge on any atom is -0.384 e. The van der Waals surface area contributed by atoms with Gasteiger partial charge in [0.05, 0.1) is 17.6 Å². The molecule has 1 aliphatic heterocycles. The second-order valence-electron chi connectivity index (χ2n) is 6.87. The van der Waals surface area contributed by atoms with Crippen LogP contribution in [0.5, 0.6) is 0 Å². The number of primary sulfonamides is 1. The molecule has 0 radical (unpaired) electrons. The van der Waals surface area contributed by atoms with Crippen molar-refractivity contribution >= 4 is 15.9 Å². The molecule has 4 atom stereocenters. The molecule has 1 aliphatic carbocycles. The van der Waals surface area contributed by atoms with Crippen molar-refractivity contribution in [2.45, 2.75) is 37.3 Å². The fraction of sp³-hybridized carbons (Fsp3) is 0.588. The van der Waals surface area contributed by atoms with E-state index < -0.39 is 10.0 Å². The van der Waals surface area contributed by atoms with Gasteiger partial charge in [-0.2, -0.15) is 0 Å². The zero-order valence-electron chi connectivity index (χ0n) is 14.6. The summed E-state index contributed by atoms with van der Waals surface area (Å²) in [5.41, 5.74) is 1.57. The van der Waals surface area contributed by atoms with E-state index in [0.717, 1.165) is 6.42 Å². The molecule has 7 nitrogen and oxygen atoms in total. The number of benzene rings is 1. The molecule has 8 heteroatoms. The van der Waals surface area contributed by atoms with Crippen LogP contribution < -0.4 is 10.5 Å². The van der Waals surface area contributed by atoms with E-state index in [1.54, 1.807) is 27.0 Å². The molecule has 1 heterocycles. The van der Waals surface area contributed by atoms with Gasteiger partial charge in [0.2, 0.25) is 10.0 Å². The number of aryl methyl sites for hydroxylation is 1. The van der Waals surface area contributed by atoms with E-state index in [1.807, 2.05) is 0 Å². The summed E-state index contributed by atoms with van der Waals surface area (Å²) in [6.07, 6.45) is 1.04. The summed E-state index contributed by atoms with van der Waals surface area (Å²) in [7, 11) is -2.26. The van der Waals surface area contributed by atoms with Gasteiger partial charge in [-0.25, -0.2) is 13.6 Å². The van der Waals surface area contributed by atoms with Crippen molar-refractivity contribution in [1.29, 1.82) is 0 Å². The van der Waals surface area contributed by atoms with Crippen molar-refractivity contribution in [3.8, 4) is 0 Å². The number of rotatable bonds is 5. The lowest BCUT2D eigenvalue weighted by atomic mass is 9.67. The van der Waals surface area contributed by atoms with Crippen LogP contribution in [-0.2, 0) is 19.5 Å². The lowest BCUT2D eigenvalue weighted by Gasteiger charge is -2.47. The van der Waals surface area contributed by atoms with Gasteiger partial charge in [0.1, 0.15) is 0 Å². The van der Waals surface area contributed by atoms with Crippen LogP contribution in [0, 0.1) is 25.7 Å². The number of hydrogen-bond acceptors (Lipinski definition) is 5. The molecule has 3 rings (SSSR count). The van der Waals surface area contributed by atoms with Gasteiger partial charge in [0.25, 0.3) is 5.91 Å². The molecular weight excluding hydrogens is 344 g/mol. The Morgan fingerprint density at radius 1 is 1.40 bits per heavy atom. The van der Waals surface area contributed by atoms with Crippen molar-refractivity contribution in [1.82, 2.24) is 5.32 Å². The molecular formula is C17H24N2O5S. The van der Waals surface area contributed by atoms with Gasteiger partial charge in [-0.1, -0.05) is 0 Å². The van der Waals surface area contributed by atoms with Crippen LogP contribution in [-0.4, -0.2) is 46.8 Å². The highest BCUT2D eigenvalue weighted by atomic mass is 32.2. The summed E-state index contributed by atoms with van der Waals surface area (Å²) >= 11 is 0. The standard InChI is InChI=1S/C17H24N2O5S/c1-9-6-11(7-14(10(9)2)25(18,21)22)17(20)19-15-12-4-5-24-16(12)13(15)8-23-3/h6-7,12-13,15-16H,4-5,8H2,1-3H3,(H,19,20)(H2,18,21,22)/t12-,13+,15+,16-/m0/s1. The quantitative estimate of drug-likeness (QED) is 0.797. The zero-order chi connectivity index (χ0) is 18.4. The molecule has 138 valence electrons. The normalized spacial score (nSPS) is 28.3. The molecule has 0 spiro atoms. The molecule has 2 aliphatic rings. The monoisotopic (exact) mass is 368 g/mol. The molecule has 1 saturated heterocycles. The summed E-state index contributed by atoms with van der Waals surface area (Å²) in [6.45, 7) is 4.65. The highest BCUT2D eigenvalue weighted by Crippen LogP contribution is 2.43. The Bertz CT molecular complexity index is 792. The Hall–Kier alpha value is -1.48. The number of amides is 1. The highest BCUT2D eigenvalue weighted by Gasteiger charge is 2.54. The van der Waals surface area contributed by atoms with Gasteiger partial charge in [0.15, 0.2) is 0 Å². The molecule has 0 aromatic heterocycles. The average molecular weight is 368 g/mol. The number of carbonyl (C=O) groups is 1. The molecule has 0 unspecified atom stereocenters. The maximum absolute atomic E-state index is 12.7. The molecule has 1 amide bonds. The predicted octanol–water partition coefficient (Wildman–Crippen LogP) is 0.731. The number of ether oxygens (including phenoxy) is 2. The van der Waals surface area contributed by atoms with Gasteiger partial charge in [-0.15, -0.1) is 0 Å². The fourth-order valence-electron chi connectivity index (χ4n) is 3.92. The van der Waals surface area contributed by atoms with E-state index >= 15 is 0 Å². The van der Waals surface area contributed by atoms with Gasteiger partial charge in [-0.3, -0.25) is 4.79 Å². The number of carbonyl (C=O) groups excluding carboxylic acids is 1. The summed E-state index contributed by atoms with van der Waals surface area (Å²) < 4.78 is 34.5. The number of sulfonamides is 1. The zero-order valence-corrected chi connectivity index (χ0v) is 15.4. The van der Waals surface area contributed by atoms with Crippen LogP contribution in [0.1, 0.15) is 27.9 Å². The van der Waals surface area contributed by atoms with Gasteiger partial charge in [-0.05, 0) is 43.5 Å². The summed E-state index contributed by atoms with van der Waals surface area (Å²) in [6, 6.07) is 3.01. The number of nitrogens with one attached hydrogen (secondary N) is 1. The largest absolute Gasteiger partial charge is 0.384 e. The highest BCUT2D eigenvalue weighted by molar-refractivity contribution is 7.89.